The van der Waals surface area contributed by atoms with Gasteiger partial charge in [0, 0.05) is 6.21 Å². The fraction of sp³-hybridized carbons (Fsp3) is 0.583. The molecule has 3 nitrogen and oxygen atoms in total. The van der Waals surface area contributed by atoms with E-state index in [0.717, 1.165) is 18.5 Å². The van der Waals surface area contributed by atoms with Gasteiger partial charge in [0.2, 0.25) is 5.88 Å². The van der Waals surface area contributed by atoms with Gasteiger partial charge in [0.15, 0.2) is 0 Å². The number of rotatable bonds is 8. The Balaban J connectivity index is 3.95. The zero-order valence-electron chi connectivity index (χ0n) is 10.0. The Kier molecular flexibility index (Phi) is 7.64. The van der Waals surface area contributed by atoms with E-state index in [2.05, 4.69) is 30.4 Å². The van der Waals surface area contributed by atoms with Crippen LogP contribution in [0.25, 0.3) is 0 Å². The van der Waals surface area contributed by atoms with Gasteiger partial charge in [0.05, 0.1) is 6.61 Å². The molecule has 0 rings (SSSR count). The summed E-state index contributed by atoms with van der Waals surface area (Å²) in [7, 11) is 1.94. The average molecular weight is 210 g/mol. The molecule has 0 aliphatic heterocycles. The second kappa shape index (κ2) is 8.24. The number of allylic oxidation sites excluding steroid dienone is 1. The van der Waals surface area contributed by atoms with E-state index in [0.29, 0.717) is 18.4 Å². The summed E-state index contributed by atoms with van der Waals surface area (Å²) in [5.74, 6) is 0.870. The average Bonchev–Trinajstić information content (AvgIpc) is 2.22. The van der Waals surface area contributed by atoms with Crippen molar-refractivity contribution < 1.29 is 4.74 Å². The predicted octanol–water partition coefficient (Wildman–Crippen LogP) is 2.37. The van der Waals surface area contributed by atoms with E-state index >= 15 is 0 Å². The molecule has 0 saturated carbocycles. The van der Waals surface area contributed by atoms with Gasteiger partial charge in [-0.15, -0.1) is 0 Å². The topological polar surface area (TPSA) is 33.6 Å². The molecule has 86 valence electrons. The van der Waals surface area contributed by atoms with Gasteiger partial charge in [-0.1, -0.05) is 13.5 Å². The molecule has 3 heteroatoms. The lowest BCUT2D eigenvalue weighted by Crippen LogP contribution is -2.12. The van der Waals surface area contributed by atoms with Crippen molar-refractivity contribution in [2.24, 2.45) is 10.9 Å². The SMILES string of the molecule is C=C(/N=C\C(=C)C(C)CCNC)OCC. The van der Waals surface area contributed by atoms with Crippen LogP contribution in [0.4, 0.5) is 0 Å². The molecule has 15 heavy (non-hydrogen) atoms. The Labute approximate surface area is 92.9 Å². The van der Waals surface area contributed by atoms with E-state index in [4.69, 9.17) is 4.74 Å². The van der Waals surface area contributed by atoms with E-state index in [1.807, 2.05) is 14.0 Å². The molecule has 0 aromatic carbocycles. The van der Waals surface area contributed by atoms with Crippen molar-refractivity contribution >= 4 is 6.21 Å². The second-order valence-corrected chi connectivity index (χ2v) is 3.45. The normalized spacial score (nSPS) is 12.7. The van der Waals surface area contributed by atoms with Gasteiger partial charge in [0.25, 0.3) is 0 Å². The minimum Gasteiger partial charge on any atom is -0.478 e. The molecule has 0 bridgehead atoms. The largest absolute Gasteiger partial charge is 0.478 e. The van der Waals surface area contributed by atoms with Crippen LogP contribution in [0.3, 0.4) is 0 Å². The molecule has 0 spiro atoms. The predicted molar refractivity (Wildman–Crippen MR) is 66.1 cm³/mol. The summed E-state index contributed by atoms with van der Waals surface area (Å²) in [6.45, 7) is 13.3. The highest BCUT2D eigenvalue weighted by Gasteiger charge is 2.03. The van der Waals surface area contributed by atoms with Gasteiger partial charge in [-0.3, -0.25) is 0 Å². The second-order valence-electron chi connectivity index (χ2n) is 3.45. The Morgan fingerprint density at radius 2 is 2.20 bits per heavy atom. The van der Waals surface area contributed by atoms with Gasteiger partial charge in [-0.05, 0) is 45.0 Å². The van der Waals surface area contributed by atoms with Crippen LogP contribution in [0.2, 0.25) is 0 Å². The van der Waals surface area contributed by atoms with Crippen molar-refractivity contribution in [3.05, 3.63) is 24.6 Å². The van der Waals surface area contributed by atoms with E-state index < -0.39 is 0 Å². The van der Waals surface area contributed by atoms with E-state index in [-0.39, 0.29) is 0 Å². The first-order valence-corrected chi connectivity index (χ1v) is 5.31. The minimum atomic E-state index is 0.427. The molecule has 1 unspecified atom stereocenters. The standard InChI is InChI=1S/C12H22N2O/c1-6-15-12(4)14-9-11(3)10(2)7-8-13-5/h9-10,13H,3-4,6-8H2,1-2,5H3/b14-9-. The van der Waals surface area contributed by atoms with E-state index in [1.54, 1.807) is 6.21 Å². The van der Waals surface area contributed by atoms with Gasteiger partial charge >= 0.3 is 0 Å². The van der Waals surface area contributed by atoms with E-state index in [1.165, 1.54) is 0 Å². The first kappa shape index (κ1) is 13.9. The van der Waals surface area contributed by atoms with Crippen LogP contribution in [0, 0.1) is 5.92 Å². The lowest BCUT2D eigenvalue weighted by molar-refractivity contribution is 0.229. The maximum atomic E-state index is 5.11. The Morgan fingerprint density at radius 1 is 1.53 bits per heavy atom. The quantitative estimate of drug-likeness (QED) is 0.493. The highest BCUT2D eigenvalue weighted by Crippen LogP contribution is 2.10. The molecule has 0 saturated heterocycles. The highest BCUT2D eigenvalue weighted by atomic mass is 16.5. The van der Waals surface area contributed by atoms with Crippen molar-refractivity contribution in [2.75, 3.05) is 20.2 Å². The Bertz CT molecular complexity index is 234. The lowest BCUT2D eigenvalue weighted by Gasteiger charge is -2.10. The number of nitrogens with zero attached hydrogens (tertiary/aromatic N) is 1. The molecule has 0 fully saturated rings. The van der Waals surface area contributed by atoms with Crippen LogP contribution in [0.15, 0.2) is 29.6 Å². The fourth-order valence-corrected chi connectivity index (χ4v) is 1.03. The molecule has 0 amide bonds. The summed E-state index contributed by atoms with van der Waals surface area (Å²) >= 11 is 0. The smallest absolute Gasteiger partial charge is 0.205 e. The first-order chi connectivity index (χ1) is 7.11. The molecule has 0 radical (unpaired) electrons. The third kappa shape index (κ3) is 6.91. The summed E-state index contributed by atoms with van der Waals surface area (Å²) < 4.78 is 5.11. The number of hydrogen-bond acceptors (Lipinski definition) is 3. The lowest BCUT2D eigenvalue weighted by atomic mass is 10.0. The van der Waals surface area contributed by atoms with Gasteiger partial charge in [-0.2, -0.15) is 0 Å². The van der Waals surface area contributed by atoms with Gasteiger partial charge < -0.3 is 10.1 Å². The van der Waals surface area contributed by atoms with Crippen LogP contribution in [-0.2, 0) is 4.74 Å². The van der Waals surface area contributed by atoms with Crippen LogP contribution in [0.5, 0.6) is 0 Å². The molecule has 0 heterocycles. The number of aliphatic imine (C=N–C) groups is 1. The molecular weight excluding hydrogens is 188 g/mol. The van der Waals surface area contributed by atoms with Crippen molar-refractivity contribution in [3.63, 3.8) is 0 Å². The molecule has 0 aromatic heterocycles. The molecule has 0 aromatic rings. The molecule has 1 atom stereocenters. The van der Waals surface area contributed by atoms with Crippen molar-refractivity contribution in [3.8, 4) is 0 Å². The molecule has 0 aliphatic carbocycles. The zero-order chi connectivity index (χ0) is 11.7. The van der Waals surface area contributed by atoms with Crippen LogP contribution < -0.4 is 5.32 Å². The zero-order valence-corrected chi connectivity index (χ0v) is 10.0. The van der Waals surface area contributed by atoms with Gasteiger partial charge in [-0.25, -0.2) is 4.99 Å². The number of hydrogen-bond donors (Lipinski definition) is 1. The summed E-state index contributed by atoms with van der Waals surface area (Å²) in [6, 6.07) is 0. The van der Waals surface area contributed by atoms with Crippen molar-refractivity contribution in [2.45, 2.75) is 20.3 Å². The number of nitrogens with one attached hydrogen (secondary N) is 1. The van der Waals surface area contributed by atoms with Crippen LogP contribution >= 0.6 is 0 Å². The van der Waals surface area contributed by atoms with Crippen molar-refractivity contribution in [1.29, 1.82) is 0 Å². The van der Waals surface area contributed by atoms with Crippen molar-refractivity contribution in [1.82, 2.24) is 5.32 Å². The summed E-state index contributed by atoms with van der Waals surface area (Å²) in [5, 5.41) is 3.11. The summed E-state index contributed by atoms with van der Waals surface area (Å²) in [6.07, 6.45) is 2.79. The highest BCUT2D eigenvalue weighted by molar-refractivity contribution is 5.78. The van der Waals surface area contributed by atoms with Crippen LogP contribution in [-0.4, -0.2) is 26.4 Å². The monoisotopic (exact) mass is 210 g/mol. The Hall–Kier alpha value is -1.09. The molecule has 0 aliphatic rings. The maximum Gasteiger partial charge on any atom is 0.205 e. The third-order valence-corrected chi connectivity index (χ3v) is 2.15. The van der Waals surface area contributed by atoms with E-state index in [9.17, 15) is 0 Å². The Morgan fingerprint density at radius 3 is 2.73 bits per heavy atom. The number of ether oxygens (including phenoxy) is 1. The first-order valence-electron chi connectivity index (χ1n) is 5.31. The summed E-state index contributed by atoms with van der Waals surface area (Å²) in [4.78, 5) is 4.08. The molecule has 1 N–H and O–H groups in total. The molecular formula is C12H22N2O. The van der Waals surface area contributed by atoms with Gasteiger partial charge in [0.1, 0.15) is 0 Å². The minimum absolute atomic E-state index is 0.427. The van der Waals surface area contributed by atoms with Crippen LogP contribution in [0.1, 0.15) is 20.3 Å². The maximum absolute atomic E-state index is 5.11. The fourth-order valence-electron chi connectivity index (χ4n) is 1.03. The summed E-state index contributed by atoms with van der Waals surface area (Å²) in [5.41, 5.74) is 1.01. The third-order valence-electron chi connectivity index (χ3n) is 2.15.